The highest BCUT2D eigenvalue weighted by Crippen LogP contribution is 2.18. The van der Waals surface area contributed by atoms with E-state index in [0.29, 0.717) is 32.0 Å². The largest absolute Gasteiger partial charge is 0.494 e. The zero-order chi connectivity index (χ0) is 20.5. The summed E-state index contributed by atoms with van der Waals surface area (Å²) in [6, 6.07) is 7.18. The molecule has 0 aliphatic rings. The predicted octanol–water partition coefficient (Wildman–Crippen LogP) is 4.31. The number of benzene rings is 1. The molecule has 0 amide bonds. The van der Waals surface area contributed by atoms with Crippen LogP contribution < -0.4 is 9.62 Å². The SMILES string of the molecule is C=CC(=O)OCCCCCCOc1ccc(OOCCCCCC(=O)O)cc1. The molecule has 156 valence electrons. The second-order valence-electron chi connectivity index (χ2n) is 6.22. The van der Waals surface area contributed by atoms with E-state index in [2.05, 4.69) is 6.58 Å². The van der Waals surface area contributed by atoms with Crippen LogP contribution in [0.15, 0.2) is 36.9 Å². The van der Waals surface area contributed by atoms with Crippen molar-refractivity contribution in [3.05, 3.63) is 36.9 Å². The molecule has 0 saturated heterocycles. The Labute approximate surface area is 166 Å². The van der Waals surface area contributed by atoms with Crippen LogP contribution in [0.25, 0.3) is 0 Å². The molecule has 7 nitrogen and oxygen atoms in total. The van der Waals surface area contributed by atoms with Crippen molar-refractivity contribution >= 4 is 11.9 Å². The third-order valence-electron chi connectivity index (χ3n) is 3.82. The highest BCUT2D eigenvalue weighted by atomic mass is 17.2. The number of esters is 1. The number of aliphatic carboxylic acids is 1. The Morgan fingerprint density at radius 1 is 0.857 bits per heavy atom. The molecule has 0 bridgehead atoms. The zero-order valence-corrected chi connectivity index (χ0v) is 16.3. The third-order valence-corrected chi connectivity index (χ3v) is 3.82. The molecule has 7 heteroatoms. The van der Waals surface area contributed by atoms with Gasteiger partial charge in [0, 0.05) is 12.5 Å². The number of carbonyl (C=O) groups excluding carboxylic acids is 1. The Morgan fingerprint density at radius 3 is 2.14 bits per heavy atom. The Kier molecular flexibility index (Phi) is 13.0. The van der Waals surface area contributed by atoms with Crippen LogP contribution in [-0.2, 0) is 19.2 Å². The fourth-order valence-corrected chi connectivity index (χ4v) is 2.29. The van der Waals surface area contributed by atoms with Crippen molar-refractivity contribution in [3.63, 3.8) is 0 Å². The van der Waals surface area contributed by atoms with Gasteiger partial charge in [-0.15, -0.1) is 0 Å². The van der Waals surface area contributed by atoms with Gasteiger partial charge in [0.1, 0.15) is 5.75 Å². The summed E-state index contributed by atoms with van der Waals surface area (Å²) >= 11 is 0. The molecular formula is C21H30O7. The molecule has 1 rings (SSSR count). The second-order valence-corrected chi connectivity index (χ2v) is 6.22. The van der Waals surface area contributed by atoms with Crippen LogP contribution in [0.4, 0.5) is 0 Å². The van der Waals surface area contributed by atoms with Crippen molar-refractivity contribution in [1.29, 1.82) is 0 Å². The first-order chi connectivity index (χ1) is 13.6. The lowest BCUT2D eigenvalue weighted by Crippen LogP contribution is -2.02. The molecule has 0 saturated carbocycles. The topological polar surface area (TPSA) is 91.3 Å². The Bertz CT molecular complexity index is 569. The predicted molar refractivity (Wildman–Crippen MR) is 104 cm³/mol. The molecule has 0 atom stereocenters. The minimum absolute atomic E-state index is 0.188. The number of carboxylic acids is 1. The van der Waals surface area contributed by atoms with E-state index in [0.717, 1.165) is 44.3 Å². The van der Waals surface area contributed by atoms with Crippen molar-refractivity contribution in [1.82, 2.24) is 0 Å². The molecule has 0 fully saturated rings. The quantitative estimate of drug-likeness (QED) is 0.138. The van der Waals surface area contributed by atoms with Gasteiger partial charge in [-0.2, -0.15) is 4.89 Å². The Morgan fingerprint density at radius 2 is 1.46 bits per heavy atom. The van der Waals surface area contributed by atoms with Crippen molar-refractivity contribution in [2.45, 2.75) is 51.4 Å². The fraction of sp³-hybridized carbons (Fsp3) is 0.524. The van der Waals surface area contributed by atoms with Gasteiger partial charge >= 0.3 is 11.9 Å². The maximum atomic E-state index is 10.9. The number of hydrogen-bond acceptors (Lipinski definition) is 6. The lowest BCUT2D eigenvalue weighted by molar-refractivity contribution is -0.207. The van der Waals surface area contributed by atoms with Crippen LogP contribution in [0.5, 0.6) is 11.5 Å². The highest BCUT2D eigenvalue weighted by Gasteiger charge is 2.00. The first kappa shape index (κ1) is 23.5. The van der Waals surface area contributed by atoms with Gasteiger partial charge in [0.25, 0.3) is 0 Å². The summed E-state index contributed by atoms with van der Waals surface area (Å²) in [4.78, 5) is 31.5. The average molecular weight is 394 g/mol. The number of ether oxygens (including phenoxy) is 2. The van der Waals surface area contributed by atoms with Gasteiger partial charge in [-0.05, 0) is 62.8 Å². The Balaban J connectivity index is 2.00. The van der Waals surface area contributed by atoms with E-state index in [1.807, 2.05) is 12.1 Å². The highest BCUT2D eigenvalue weighted by molar-refractivity contribution is 5.81. The molecule has 0 spiro atoms. The van der Waals surface area contributed by atoms with Gasteiger partial charge in [-0.3, -0.25) is 4.79 Å². The maximum Gasteiger partial charge on any atom is 0.330 e. The molecule has 28 heavy (non-hydrogen) atoms. The standard InChI is InChI=1S/C21H30O7/c1-2-21(24)26-16-8-4-3-7-15-25-18-11-13-19(14-12-18)28-27-17-9-5-6-10-20(22)23/h2,11-14H,1,3-10,15-17H2,(H,22,23). The molecule has 1 aromatic rings. The smallest absolute Gasteiger partial charge is 0.330 e. The van der Waals surface area contributed by atoms with Crippen LogP contribution in [-0.4, -0.2) is 36.9 Å². The lowest BCUT2D eigenvalue weighted by atomic mass is 10.2. The molecule has 0 aromatic heterocycles. The van der Waals surface area contributed by atoms with E-state index in [9.17, 15) is 9.59 Å². The second kappa shape index (κ2) is 15.5. The van der Waals surface area contributed by atoms with E-state index < -0.39 is 5.97 Å². The number of unbranched alkanes of at least 4 members (excludes halogenated alkanes) is 5. The Hall–Kier alpha value is -2.54. The fourth-order valence-electron chi connectivity index (χ4n) is 2.29. The van der Waals surface area contributed by atoms with Crippen molar-refractivity contribution in [2.75, 3.05) is 19.8 Å². The summed E-state index contributed by atoms with van der Waals surface area (Å²) in [5.74, 6) is 0.204. The summed E-state index contributed by atoms with van der Waals surface area (Å²) in [6.45, 7) is 4.82. The van der Waals surface area contributed by atoms with Gasteiger partial charge in [0.15, 0.2) is 5.75 Å². The van der Waals surface area contributed by atoms with E-state index >= 15 is 0 Å². The molecule has 0 heterocycles. The monoisotopic (exact) mass is 394 g/mol. The van der Waals surface area contributed by atoms with Gasteiger partial charge < -0.3 is 19.5 Å². The van der Waals surface area contributed by atoms with Crippen LogP contribution in [0.1, 0.15) is 51.4 Å². The van der Waals surface area contributed by atoms with Gasteiger partial charge in [-0.1, -0.05) is 13.0 Å². The van der Waals surface area contributed by atoms with Gasteiger partial charge in [0.05, 0.1) is 19.8 Å². The van der Waals surface area contributed by atoms with Crippen molar-refractivity contribution in [3.8, 4) is 11.5 Å². The van der Waals surface area contributed by atoms with Gasteiger partial charge in [-0.25, -0.2) is 4.79 Å². The summed E-state index contributed by atoms with van der Waals surface area (Å²) < 4.78 is 10.6. The minimum Gasteiger partial charge on any atom is -0.494 e. The summed E-state index contributed by atoms with van der Waals surface area (Å²) in [6.07, 6.45) is 7.31. The molecule has 0 radical (unpaired) electrons. The maximum absolute atomic E-state index is 10.9. The molecule has 0 unspecified atom stereocenters. The van der Waals surface area contributed by atoms with Crippen LogP contribution in [0.2, 0.25) is 0 Å². The molecule has 1 aromatic carbocycles. The molecular weight excluding hydrogens is 364 g/mol. The summed E-state index contributed by atoms with van der Waals surface area (Å²) in [7, 11) is 0. The van der Waals surface area contributed by atoms with Crippen LogP contribution in [0, 0.1) is 0 Å². The third kappa shape index (κ3) is 12.8. The lowest BCUT2D eigenvalue weighted by Gasteiger charge is -2.08. The number of carboxylic acid groups (broad SMARTS) is 1. The average Bonchev–Trinajstić information content (AvgIpc) is 2.69. The number of carbonyl (C=O) groups is 2. The van der Waals surface area contributed by atoms with E-state index in [-0.39, 0.29) is 12.4 Å². The van der Waals surface area contributed by atoms with Crippen LogP contribution in [0.3, 0.4) is 0 Å². The zero-order valence-electron chi connectivity index (χ0n) is 16.3. The normalized spacial score (nSPS) is 10.3. The number of hydrogen-bond donors (Lipinski definition) is 1. The molecule has 1 N–H and O–H groups in total. The minimum atomic E-state index is -0.772. The first-order valence-electron chi connectivity index (χ1n) is 9.65. The first-order valence-corrected chi connectivity index (χ1v) is 9.65. The van der Waals surface area contributed by atoms with E-state index in [1.165, 1.54) is 6.08 Å². The van der Waals surface area contributed by atoms with E-state index in [1.54, 1.807) is 12.1 Å². The van der Waals surface area contributed by atoms with Crippen molar-refractivity contribution < 1.29 is 33.9 Å². The van der Waals surface area contributed by atoms with Crippen molar-refractivity contribution in [2.24, 2.45) is 0 Å². The summed E-state index contributed by atoms with van der Waals surface area (Å²) in [5.41, 5.74) is 0. The van der Waals surface area contributed by atoms with Crippen LogP contribution >= 0.6 is 0 Å². The van der Waals surface area contributed by atoms with Gasteiger partial charge in [0.2, 0.25) is 0 Å². The molecule has 0 aliphatic heterocycles. The number of rotatable bonds is 17. The molecule has 0 aliphatic carbocycles. The van der Waals surface area contributed by atoms with E-state index in [4.69, 9.17) is 24.4 Å². The summed E-state index contributed by atoms with van der Waals surface area (Å²) in [5, 5.41) is 8.54.